The average molecular weight is 409 g/mol. The van der Waals surface area contributed by atoms with Crippen LogP contribution in [0.4, 0.5) is 0 Å². The van der Waals surface area contributed by atoms with Crippen molar-refractivity contribution in [2.24, 2.45) is 5.92 Å². The number of ether oxygens (including phenoxy) is 2. The highest BCUT2D eigenvalue weighted by Crippen LogP contribution is 2.52. The Morgan fingerprint density at radius 3 is 2.67 bits per heavy atom. The van der Waals surface area contributed by atoms with Crippen LogP contribution in [0.5, 0.6) is 11.5 Å². The number of hydrogen-bond donors (Lipinski definition) is 2. The number of hydrogen-bond acceptors (Lipinski definition) is 4. The standard InChI is InChI=1S/C26H32O4/c1-4-9-17-10-8-13-20-24-19(21(27)16-22(24)29-25(17)20)14-15-23(28)26(2,3)30-18-11-6-5-7-12-18/h5-8,10-15,19,21-24,27-28H,4,9,16H2,1-3H3/b15-14+/t19-,21+,22-,23+,24-/m0/s1. The third kappa shape index (κ3) is 3.99. The van der Waals surface area contributed by atoms with Crippen molar-refractivity contribution in [2.75, 3.05) is 0 Å². The van der Waals surface area contributed by atoms with Gasteiger partial charge in [-0.3, -0.25) is 0 Å². The Hall–Kier alpha value is -2.30. The van der Waals surface area contributed by atoms with E-state index in [2.05, 4.69) is 25.1 Å². The molecule has 0 saturated heterocycles. The lowest BCUT2D eigenvalue weighted by Crippen LogP contribution is -2.41. The molecule has 0 radical (unpaired) electrons. The quantitative estimate of drug-likeness (QED) is 0.656. The summed E-state index contributed by atoms with van der Waals surface area (Å²) in [7, 11) is 0. The monoisotopic (exact) mass is 408 g/mol. The smallest absolute Gasteiger partial charge is 0.133 e. The van der Waals surface area contributed by atoms with E-state index in [0.29, 0.717) is 6.42 Å². The maximum absolute atomic E-state index is 10.8. The first-order valence-corrected chi connectivity index (χ1v) is 11.0. The minimum absolute atomic E-state index is 0.00613. The number of fused-ring (bicyclic) bond motifs is 3. The summed E-state index contributed by atoms with van der Waals surface area (Å²) in [6, 6.07) is 15.9. The lowest BCUT2D eigenvalue weighted by atomic mass is 9.86. The van der Waals surface area contributed by atoms with E-state index in [1.54, 1.807) is 6.08 Å². The average Bonchev–Trinajstić information content (AvgIpc) is 3.22. The van der Waals surface area contributed by atoms with Crippen LogP contribution in [0.3, 0.4) is 0 Å². The molecule has 2 N–H and O–H groups in total. The molecule has 1 heterocycles. The van der Waals surface area contributed by atoms with E-state index < -0.39 is 17.8 Å². The third-order valence-electron chi connectivity index (χ3n) is 6.36. The largest absolute Gasteiger partial charge is 0.489 e. The van der Waals surface area contributed by atoms with Gasteiger partial charge in [0.2, 0.25) is 0 Å². The Balaban J connectivity index is 1.52. The highest BCUT2D eigenvalue weighted by atomic mass is 16.5. The van der Waals surface area contributed by atoms with Crippen LogP contribution in [0.1, 0.15) is 50.7 Å². The molecule has 4 nitrogen and oxygen atoms in total. The van der Waals surface area contributed by atoms with Crippen molar-refractivity contribution in [2.45, 2.75) is 69.9 Å². The molecule has 0 spiro atoms. The fourth-order valence-electron chi connectivity index (χ4n) is 4.75. The molecule has 160 valence electrons. The predicted molar refractivity (Wildman–Crippen MR) is 118 cm³/mol. The predicted octanol–water partition coefficient (Wildman–Crippen LogP) is 4.64. The van der Waals surface area contributed by atoms with Gasteiger partial charge in [-0.15, -0.1) is 0 Å². The van der Waals surface area contributed by atoms with Gasteiger partial charge in [-0.1, -0.05) is 61.9 Å². The van der Waals surface area contributed by atoms with Crippen molar-refractivity contribution >= 4 is 0 Å². The number of aliphatic hydroxyl groups excluding tert-OH is 2. The Morgan fingerprint density at radius 1 is 1.17 bits per heavy atom. The van der Waals surface area contributed by atoms with E-state index in [9.17, 15) is 10.2 Å². The molecule has 0 amide bonds. The van der Waals surface area contributed by atoms with E-state index in [1.165, 1.54) is 11.1 Å². The Kier molecular flexibility index (Phi) is 5.90. The topological polar surface area (TPSA) is 58.9 Å². The van der Waals surface area contributed by atoms with Gasteiger partial charge in [0.1, 0.15) is 29.3 Å². The van der Waals surface area contributed by atoms with Crippen molar-refractivity contribution in [3.8, 4) is 11.5 Å². The fourth-order valence-corrected chi connectivity index (χ4v) is 4.75. The number of para-hydroxylation sites is 2. The Labute approximate surface area is 179 Å². The molecule has 2 aromatic rings. The normalized spacial score (nSPS) is 26.3. The number of aliphatic hydroxyl groups is 2. The summed E-state index contributed by atoms with van der Waals surface area (Å²) in [6.45, 7) is 5.91. The van der Waals surface area contributed by atoms with Gasteiger partial charge in [-0.2, -0.15) is 0 Å². The fraction of sp³-hybridized carbons (Fsp3) is 0.462. The third-order valence-corrected chi connectivity index (χ3v) is 6.36. The van der Waals surface area contributed by atoms with Crippen LogP contribution in [-0.4, -0.2) is 34.1 Å². The van der Waals surface area contributed by atoms with Gasteiger partial charge >= 0.3 is 0 Å². The Bertz CT molecular complexity index is 889. The van der Waals surface area contributed by atoms with E-state index in [0.717, 1.165) is 24.3 Å². The van der Waals surface area contributed by atoms with Crippen molar-refractivity contribution < 1.29 is 19.7 Å². The molecule has 1 aliphatic carbocycles. The molecule has 1 aliphatic heterocycles. The van der Waals surface area contributed by atoms with E-state index in [-0.39, 0.29) is 17.9 Å². The highest BCUT2D eigenvalue weighted by molar-refractivity contribution is 5.49. The van der Waals surface area contributed by atoms with Crippen molar-refractivity contribution in [1.82, 2.24) is 0 Å². The minimum Gasteiger partial charge on any atom is -0.489 e. The van der Waals surface area contributed by atoms with Crippen LogP contribution in [0.15, 0.2) is 60.7 Å². The molecular formula is C26H32O4. The summed E-state index contributed by atoms with van der Waals surface area (Å²) in [5, 5.41) is 21.5. The van der Waals surface area contributed by atoms with E-state index in [4.69, 9.17) is 9.47 Å². The van der Waals surface area contributed by atoms with Gasteiger partial charge in [-0.25, -0.2) is 0 Å². The van der Waals surface area contributed by atoms with Crippen LogP contribution in [-0.2, 0) is 6.42 Å². The molecule has 4 heteroatoms. The van der Waals surface area contributed by atoms with Crippen molar-refractivity contribution in [3.05, 3.63) is 71.8 Å². The first kappa shape index (κ1) is 21.0. The number of rotatable bonds is 7. The number of aryl methyl sites for hydroxylation is 1. The number of benzene rings is 2. The summed E-state index contributed by atoms with van der Waals surface area (Å²) >= 11 is 0. The maximum Gasteiger partial charge on any atom is 0.133 e. The summed E-state index contributed by atoms with van der Waals surface area (Å²) in [5.41, 5.74) is 1.64. The summed E-state index contributed by atoms with van der Waals surface area (Å²) < 4.78 is 12.3. The van der Waals surface area contributed by atoms with Crippen LogP contribution >= 0.6 is 0 Å². The molecular weight excluding hydrogens is 376 g/mol. The zero-order valence-corrected chi connectivity index (χ0v) is 18.0. The van der Waals surface area contributed by atoms with Crippen LogP contribution in [0, 0.1) is 5.92 Å². The van der Waals surface area contributed by atoms with Gasteiger partial charge in [0.15, 0.2) is 0 Å². The van der Waals surface area contributed by atoms with Crippen LogP contribution in [0.25, 0.3) is 0 Å². The van der Waals surface area contributed by atoms with Gasteiger partial charge in [0.25, 0.3) is 0 Å². The summed E-state index contributed by atoms with van der Waals surface area (Å²) in [6.07, 6.45) is 5.11. The minimum atomic E-state index is -0.808. The molecule has 0 bridgehead atoms. The SMILES string of the molecule is CCCc1cccc2c1O[C@H]1C[C@@H](O)[C@H](/C=C/[C@@H](O)C(C)(C)Oc3ccccc3)[C@@H]21. The molecule has 0 aromatic heterocycles. The first-order valence-electron chi connectivity index (χ1n) is 11.0. The summed E-state index contributed by atoms with van der Waals surface area (Å²) in [4.78, 5) is 0. The second kappa shape index (κ2) is 8.44. The Morgan fingerprint density at radius 2 is 1.93 bits per heavy atom. The van der Waals surface area contributed by atoms with E-state index >= 15 is 0 Å². The highest BCUT2D eigenvalue weighted by Gasteiger charge is 2.49. The van der Waals surface area contributed by atoms with Crippen LogP contribution in [0.2, 0.25) is 0 Å². The summed E-state index contributed by atoms with van der Waals surface area (Å²) in [5.74, 6) is 1.76. The second-order valence-corrected chi connectivity index (χ2v) is 9.00. The maximum atomic E-state index is 10.8. The first-order chi connectivity index (χ1) is 14.4. The molecule has 1 fully saturated rings. The zero-order chi connectivity index (χ0) is 21.3. The molecule has 0 unspecified atom stereocenters. The van der Waals surface area contributed by atoms with Crippen LogP contribution < -0.4 is 9.47 Å². The lowest BCUT2D eigenvalue weighted by molar-refractivity contribution is -0.00221. The lowest BCUT2D eigenvalue weighted by Gasteiger charge is -2.30. The molecule has 4 rings (SSSR count). The van der Waals surface area contributed by atoms with Gasteiger partial charge in [0, 0.05) is 23.8 Å². The molecule has 2 aliphatic rings. The van der Waals surface area contributed by atoms with E-state index in [1.807, 2.05) is 50.3 Å². The van der Waals surface area contributed by atoms with Crippen molar-refractivity contribution in [1.29, 1.82) is 0 Å². The van der Waals surface area contributed by atoms with Gasteiger partial charge in [0.05, 0.1) is 6.10 Å². The zero-order valence-electron chi connectivity index (χ0n) is 18.0. The van der Waals surface area contributed by atoms with Gasteiger partial charge in [-0.05, 0) is 38.0 Å². The molecule has 30 heavy (non-hydrogen) atoms. The molecule has 5 atom stereocenters. The van der Waals surface area contributed by atoms with Crippen molar-refractivity contribution in [3.63, 3.8) is 0 Å². The van der Waals surface area contributed by atoms with Gasteiger partial charge < -0.3 is 19.7 Å². The second-order valence-electron chi connectivity index (χ2n) is 9.00. The molecule has 1 saturated carbocycles. The molecule has 2 aromatic carbocycles.